The molecular formula is C14H11Br2F2N. The van der Waals surface area contributed by atoms with Crippen molar-refractivity contribution < 1.29 is 8.78 Å². The number of hydrogen-bond donors (Lipinski definition) is 1. The lowest BCUT2D eigenvalue weighted by Gasteiger charge is -2.18. The molecule has 0 saturated carbocycles. The van der Waals surface area contributed by atoms with E-state index >= 15 is 0 Å². The minimum Gasteiger partial charge on any atom is -0.377 e. The van der Waals surface area contributed by atoms with Gasteiger partial charge in [-0.05, 0) is 69.1 Å². The summed E-state index contributed by atoms with van der Waals surface area (Å²) in [7, 11) is 0. The number of para-hydroxylation sites is 1. The molecule has 0 aliphatic carbocycles. The second-order valence-electron chi connectivity index (χ2n) is 4.13. The lowest BCUT2D eigenvalue weighted by atomic mass is 10.1. The van der Waals surface area contributed by atoms with Crippen LogP contribution < -0.4 is 5.32 Å². The van der Waals surface area contributed by atoms with Gasteiger partial charge in [0.1, 0.15) is 11.6 Å². The van der Waals surface area contributed by atoms with Gasteiger partial charge < -0.3 is 5.32 Å². The minimum atomic E-state index is -0.448. The van der Waals surface area contributed by atoms with Gasteiger partial charge in [0.05, 0.1) is 11.7 Å². The summed E-state index contributed by atoms with van der Waals surface area (Å²) in [5.74, 6) is -0.874. The van der Waals surface area contributed by atoms with Crippen molar-refractivity contribution in [3.05, 3.63) is 62.5 Å². The van der Waals surface area contributed by atoms with E-state index in [9.17, 15) is 8.78 Å². The number of anilines is 1. The summed E-state index contributed by atoms with van der Waals surface area (Å²) < 4.78 is 28.6. The third-order valence-corrected chi connectivity index (χ3v) is 4.07. The predicted octanol–water partition coefficient (Wildman–Crippen LogP) is 5.66. The van der Waals surface area contributed by atoms with Crippen LogP contribution in [0.25, 0.3) is 0 Å². The average molecular weight is 391 g/mol. The SMILES string of the molecule is CC(Nc1c(Br)cccc1Br)c1cc(F)ccc1F. The van der Waals surface area contributed by atoms with E-state index in [0.29, 0.717) is 5.56 Å². The topological polar surface area (TPSA) is 12.0 Å². The lowest BCUT2D eigenvalue weighted by Crippen LogP contribution is -2.10. The van der Waals surface area contributed by atoms with Gasteiger partial charge in [0.25, 0.3) is 0 Å². The summed E-state index contributed by atoms with van der Waals surface area (Å²) in [5.41, 5.74) is 1.10. The fourth-order valence-electron chi connectivity index (χ4n) is 1.78. The Morgan fingerprint density at radius 2 is 1.68 bits per heavy atom. The summed E-state index contributed by atoms with van der Waals surface area (Å²) in [6, 6.07) is 8.73. The number of halogens is 4. The Kier molecular flexibility index (Phi) is 4.58. The first-order valence-corrected chi connectivity index (χ1v) is 7.23. The molecule has 0 aliphatic rings. The van der Waals surface area contributed by atoms with Gasteiger partial charge in [0.15, 0.2) is 0 Å². The molecule has 0 bridgehead atoms. The number of rotatable bonds is 3. The smallest absolute Gasteiger partial charge is 0.128 e. The molecule has 5 heteroatoms. The highest BCUT2D eigenvalue weighted by Crippen LogP contribution is 2.33. The van der Waals surface area contributed by atoms with E-state index in [1.807, 2.05) is 18.2 Å². The van der Waals surface area contributed by atoms with Crippen molar-refractivity contribution in [2.75, 3.05) is 5.32 Å². The first-order valence-electron chi connectivity index (χ1n) is 5.64. The van der Waals surface area contributed by atoms with Crippen molar-refractivity contribution in [2.24, 2.45) is 0 Å². The first-order chi connectivity index (χ1) is 8.99. The molecule has 0 spiro atoms. The number of nitrogens with one attached hydrogen (secondary N) is 1. The van der Waals surface area contributed by atoms with Crippen LogP contribution in [0.4, 0.5) is 14.5 Å². The molecule has 0 heterocycles. The Bertz CT molecular complexity index is 582. The van der Waals surface area contributed by atoms with E-state index in [1.165, 1.54) is 6.07 Å². The van der Waals surface area contributed by atoms with E-state index < -0.39 is 11.6 Å². The van der Waals surface area contributed by atoms with Gasteiger partial charge >= 0.3 is 0 Å². The molecule has 0 aliphatic heterocycles. The normalized spacial score (nSPS) is 12.3. The molecule has 1 atom stereocenters. The second kappa shape index (κ2) is 6.01. The van der Waals surface area contributed by atoms with Gasteiger partial charge in [0.2, 0.25) is 0 Å². The molecular weight excluding hydrogens is 380 g/mol. The van der Waals surface area contributed by atoms with E-state index in [-0.39, 0.29) is 6.04 Å². The van der Waals surface area contributed by atoms with E-state index in [4.69, 9.17) is 0 Å². The van der Waals surface area contributed by atoms with Gasteiger partial charge in [-0.25, -0.2) is 8.78 Å². The van der Waals surface area contributed by atoms with Crippen LogP contribution in [0.1, 0.15) is 18.5 Å². The van der Waals surface area contributed by atoms with Crippen LogP contribution in [-0.2, 0) is 0 Å². The Morgan fingerprint density at radius 1 is 1.05 bits per heavy atom. The Labute approximate surface area is 127 Å². The van der Waals surface area contributed by atoms with Crippen molar-refractivity contribution in [1.29, 1.82) is 0 Å². The fourth-order valence-corrected chi connectivity index (χ4v) is 3.00. The van der Waals surface area contributed by atoms with Crippen LogP contribution in [0.2, 0.25) is 0 Å². The van der Waals surface area contributed by atoms with Gasteiger partial charge in [-0.3, -0.25) is 0 Å². The Morgan fingerprint density at radius 3 is 2.32 bits per heavy atom. The van der Waals surface area contributed by atoms with Crippen LogP contribution in [0.5, 0.6) is 0 Å². The van der Waals surface area contributed by atoms with Crippen LogP contribution in [0.3, 0.4) is 0 Å². The monoisotopic (exact) mass is 389 g/mol. The molecule has 2 aromatic carbocycles. The molecule has 0 fully saturated rings. The molecule has 2 aromatic rings. The van der Waals surface area contributed by atoms with Crippen molar-refractivity contribution in [3.63, 3.8) is 0 Å². The maximum atomic E-state index is 13.7. The maximum absolute atomic E-state index is 13.7. The van der Waals surface area contributed by atoms with Crippen LogP contribution in [0, 0.1) is 11.6 Å². The molecule has 1 unspecified atom stereocenters. The van der Waals surface area contributed by atoms with Crippen molar-refractivity contribution in [3.8, 4) is 0 Å². The van der Waals surface area contributed by atoms with Gasteiger partial charge in [-0.1, -0.05) is 6.07 Å². The molecule has 1 N–H and O–H groups in total. The van der Waals surface area contributed by atoms with Crippen LogP contribution in [0.15, 0.2) is 45.3 Å². The van der Waals surface area contributed by atoms with Gasteiger partial charge in [-0.15, -0.1) is 0 Å². The zero-order valence-corrected chi connectivity index (χ0v) is 13.2. The molecule has 1 nitrogen and oxygen atoms in total. The van der Waals surface area contributed by atoms with E-state index in [0.717, 1.165) is 26.8 Å². The highest BCUT2D eigenvalue weighted by molar-refractivity contribution is 9.11. The molecule has 19 heavy (non-hydrogen) atoms. The third-order valence-electron chi connectivity index (χ3n) is 2.75. The molecule has 0 saturated heterocycles. The first kappa shape index (κ1) is 14.5. The minimum absolute atomic E-state index is 0.294. The quantitative estimate of drug-likeness (QED) is 0.712. The maximum Gasteiger partial charge on any atom is 0.128 e. The zero-order chi connectivity index (χ0) is 14.0. The number of benzene rings is 2. The summed E-state index contributed by atoms with van der Waals surface area (Å²) >= 11 is 6.84. The summed E-state index contributed by atoms with van der Waals surface area (Å²) in [5, 5.41) is 3.16. The van der Waals surface area contributed by atoms with Crippen molar-refractivity contribution in [2.45, 2.75) is 13.0 Å². The highest BCUT2D eigenvalue weighted by Gasteiger charge is 2.14. The summed E-state index contributed by atoms with van der Waals surface area (Å²) in [4.78, 5) is 0. The zero-order valence-electron chi connectivity index (χ0n) is 10.1. The largest absolute Gasteiger partial charge is 0.377 e. The fraction of sp³-hybridized carbons (Fsp3) is 0.143. The van der Waals surface area contributed by atoms with E-state index in [2.05, 4.69) is 37.2 Å². The summed E-state index contributed by atoms with van der Waals surface area (Å²) in [6.45, 7) is 1.78. The Balaban J connectivity index is 2.31. The Hall–Kier alpha value is -0.940. The van der Waals surface area contributed by atoms with Gasteiger partial charge in [0, 0.05) is 14.5 Å². The standard InChI is InChI=1S/C14H11Br2F2N/c1-8(10-7-9(17)5-6-13(10)18)19-14-11(15)3-2-4-12(14)16/h2-8,19H,1H3. The van der Waals surface area contributed by atoms with E-state index in [1.54, 1.807) is 6.92 Å². The molecule has 0 aromatic heterocycles. The third kappa shape index (κ3) is 3.34. The lowest BCUT2D eigenvalue weighted by molar-refractivity contribution is 0.577. The second-order valence-corrected chi connectivity index (χ2v) is 5.84. The molecule has 2 rings (SSSR count). The number of hydrogen-bond acceptors (Lipinski definition) is 1. The van der Waals surface area contributed by atoms with Crippen LogP contribution >= 0.6 is 31.9 Å². The molecule has 100 valence electrons. The molecule has 0 radical (unpaired) electrons. The average Bonchev–Trinajstić information content (AvgIpc) is 2.37. The van der Waals surface area contributed by atoms with Crippen molar-refractivity contribution in [1.82, 2.24) is 0 Å². The summed E-state index contributed by atoms with van der Waals surface area (Å²) in [6.07, 6.45) is 0. The van der Waals surface area contributed by atoms with Crippen molar-refractivity contribution >= 4 is 37.5 Å². The van der Waals surface area contributed by atoms with Crippen LogP contribution in [-0.4, -0.2) is 0 Å². The molecule has 0 amide bonds. The highest BCUT2D eigenvalue weighted by atomic mass is 79.9. The van der Waals surface area contributed by atoms with Gasteiger partial charge in [-0.2, -0.15) is 0 Å². The predicted molar refractivity (Wildman–Crippen MR) is 80.2 cm³/mol.